The van der Waals surface area contributed by atoms with Crippen molar-refractivity contribution in [2.45, 2.75) is 28.6 Å². The van der Waals surface area contributed by atoms with Gasteiger partial charge < -0.3 is 19.1 Å². The van der Waals surface area contributed by atoms with E-state index in [1.807, 2.05) is 13.0 Å². The molecular weight excluding hydrogens is 528 g/mol. The van der Waals surface area contributed by atoms with Gasteiger partial charge in [0.2, 0.25) is 11.9 Å². The molecule has 1 unspecified atom stereocenters. The number of sulfonamides is 1. The first-order valence-electron chi connectivity index (χ1n) is 11.5. The zero-order valence-electron chi connectivity index (χ0n) is 20.0. The first kappa shape index (κ1) is 25.3. The van der Waals surface area contributed by atoms with Gasteiger partial charge in [-0.1, -0.05) is 18.7 Å². The first-order valence-corrected chi connectivity index (χ1v) is 13.8. The molecule has 0 radical (unpaired) electrons. The molecule has 4 heterocycles. The summed E-state index contributed by atoms with van der Waals surface area (Å²) in [7, 11) is -3.88. The number of nitrogens with one attached hydrogen (secondary N) is 3. The summed E-state index contributed by atoms with van der Waals surface area (Å²) in [5.41, 5.74) is 1.68. The second kappa shape index (κ2) is 10.9. The van der Waals surface area contributed by atoms with Gasteiger partial charge in [-0.2, -0.15) is 0 Å². The summed E-state index contributed by atoms with van der Waals surface area (Å²) in [4.78, 5) is 28.7. The minimum Gasteiger partial charge on any atom is -0.463 e. The lowest BCUT2D eigenvalue weighted by Gasteiger charge is -2.14. The number of hydrogen-bond donors (Lipinski definition) is 3. The third kappa shape index (κ3) is 5.63. The molecule has 194 valence electrons. The lowest BCUT2D eigenvalue weighted by atomic mass is 10.2. The highest BCUT2D eigenvalue weighted by Crippen LogP contribution is 2.35. The van der Waals surface area contributed by atoms with E-state index < -0.39 is 15.3 Å². The number of furan rings is 2. The van der Waals surface area contributed by atoms with E-state index in [1.165, 1.54) is 48.4 Å². The first-order chi connectivity index (χ1) is 18.4. The number of rotatable bonds is 10. The summed E-state index contributed by atoms with van der Waals surface area (Å²) >= 11 is 1.27. The molecule has 1 atom stereocenters. The lowest BCUT2D eigenvalue weighted by molar-refractivity contribution is -0.115. The molecule has 1 amide bonds. The Morgan fingerprint density at radius 1 is 1.00 bits per heavy atom. The van der Waals surface area contributed by atoms with Gasteiger partial charge in [-0.25, -0.2) is 28.1 Å². The number of amides is 1. The van der Waals surface area contributed by atoms with Crippen LogP contribution in [0.25, 0.3) is 22.9 Å². The van der Waals surface area contributed by atoms with Gasteiger partial charge in [0.25, 0.3) is 10.0 Å². The number of carbonyl (C=O) groups is 1. The number of imidazole rings is 1. The van der Waals surface area contributed by atoms with Crippen molar-refractivity contribution in [1.82, 2.24) is 19.9 Å². The highest BCUT2D eigenvalue weighted by atomic mass is 32.2. The number of thioether (sulfide) groups is 1. The van der Waals surface area contributed by atoms with Crippen molar-refractivity contribution < 1.29 is 22.0 Å². The molecule has 3 N–H and O–H groups in total. The molecule has 0 fully saturated rings. The van der Waals surface area contributed by atoms with Crippen LogP contribution in [0.1, 0.15) is 13.3 Å². The molecule has 5 rings (SSSR count). The molecule has 0 aliphatic rings. The number of nitrogens with zero attached hydrogens (tertiary/aromatic N) is 3. The summed E-state index contributed by atoms with van der Waals surface area (Å²) in [6.07, 6.45) is 6.52. The minimum absolute atomic E-state index is 0.0101. The third-order valence-electron chi connectivity index (χ3n) is 5.34. The second-order valence-corrected chi connectivity index (χ2v) is 10.8. The van der Waals surface area contributed by atoms with Crippen LogP contribution in [0, 0.1) is 0 Å². The topological polar surface area (TPSA) is 156 Å². The summed E-state index contributed by atoms with van der Waals surface area (Å²) in [6.45, 7) is 1.90. The maximum absolute atomic E-state index is 13.1. The predicted octanol–water partition coefficient (Wildman–Crippen LogP) is 5.03. The van der Waals surface area contributed by atoms with E-state index in [0.717, 1.165) is 0 Å². The Bertz CT molecular complexity index is 1550. The third-order valence-corrected chi connectivity index (χ3v) is 7.94. The molecule has 13 heteroatoms. The number of anilines is 2. The van der Waals surface area contributed by atoms with Crippen LogP contribution in [0.2, 0.25) is 0 Å². The van der Waals surface area contributed by atoms with Gasteiger partial charge in [-0.05, 0) is 61.0 Å². The van der Waals surface area contributed by atoms with Crippen LogP contribution in [0.3, 0.4) is 0 Å². The number of H-pyrrole nitrogens is 1. The van der Waals surface area contributed by atoms with Gasteiger partial charge in [-0.3, -0.25) is 4.79 Å². The fourth-order valence-electron chi connectivity index (χ4n) is 3.53. The normalized spacial score (nSPS) is 12.2. The van der Waals surface area contributed by atoms with E-state index >= 15 is 0 Å². The van der Waals surface area contributed by atoms with E-state index in [0.29, 0.717) is 40.2 Å². The van der Waals surface area contributed by atoms with Crippen molar-refractivity contribution in [3.8, 4) is 22.9 Å². The summed E-state index contributed by atoms with van der Waals surface area (Å²) in [5, 5.41) is 2.89. The molecule has 38 heavy (non-hydrogen) atoms. The molecule has 4 aromatic heterocycles. The van der Waals surface area contributed by atoms with Gasteiger partial charge in [0.1, 0.15) is 11.4 Å². The lowest BCUT2D eigenvalue weighted by Crippen LogP contribution is -2.24. The zero-order chi connectivity index (χ0) is 26.5. The van der Waals surface area contributed by atoms with Crippen molar-refractivity contribution in [3.63, 3.8) is 0 Å². The Balaban J connectivity index is 1.28. The average Bonchev–Trinajstić information content (AvgIpc) is 3.70. The quantitative estimate of drug-likeness (QED) is 0.203. The van der Waals surface area contributed by atoms with E-state index in [1.54, 1.807) is 36.8 Å². The van der Waals surface area contributed by atoms with Crippen LogP contribution in [0.5, 0.6) is 0 Å². The fraction of sp³-hybridized carbons (Fsp3) is 0.120. The van der Waals surface area contributed by atoms with Crippen molar-refractivity contribution >= 4 is 39.3 Å². The Kier molecular flexibility index (Phi) is 7.29. The van der Waals surface area contributed by atoms with Crippen LogP contribution < -0.4 is 10.0 Å². The SMILES string of the molecule is CCC(Sc1nc(-c2ccco2)c(-c2ccco2)[nH]1)C(=O)Nc1ccc(S(=O)(=O)Nc2ncccn2)cc1. The van der Waals surface area contributed by atoms with Crippen molar-refractivity contribution in [2.75, 3.05) is 10.0 Å². The standard InChI is InChI=1S/C25H22N6O5S2/c1-2-20(37-25-29-21(18-6-3-14-35-18)22(30-25)19-7-4-15-36-19)23(32)28-16-8-10-17(11-9-16)38(33,34)31-24-26-12-5-13-27-24/h3-15,20H,2H2,1H3,(H,28,32)(H,29,30)(H,26,27,31). The number of carbonyl (C=O) groups excluding carboxylic acids is 1. The molecule has 0 bridgehead atoms. The van der Waals surface area contributed by atoms with Crippen LogP contribution >= 0.6 is 11.8 Å². The van der Waals surface area contributed by atoms with E-state index in [4.69, 9.17) is 8.83 Å². The maximum Gasteiger partial charge on any atom is 0.264 e. The van der Waals surface area contributed by atoms with Gasteiger partial charge >= 0.3 is 0 Å². The van der Waals surface area contributed by atoms with Crippen LogP contribution in [0.4, 0.5) is 11.6 Å². The molecule has 0 saturated carbocycles. The van der Waals surface area contributed by atoms with Crippen LogP contribution in [-0.2, 0) is 14.8 Å². The van der Waals surface area contributed by atoms with Gasteiger partial charge in [-0.15, -0.1) is 0 Å². The molecule has 0 aliphatic carbocycles. The number of hydrogen-bond acceptors (Lipinski definition) is 9. The maximum atomic E-state index is 13.1. The molecular formula is C25H22N6O5S2. The molecule has 5 aromatic rings. The van der Waals surface area contributed by atoms with Gasteiger partial charge in [0.15, 0.2) is 16.7 Å². The highest BCUT2D eigenvalue weighted by molar-refractivity contribution is 8.00. The highest BCUT2D eigenvalue weighted by Gasteiger charge is 2.24. The van der Waals surface area contributed by atoms with E-state index in [-0.39, 0.29) is 16.8 Å². The smallest absolute Gasteiger partial charge is 0.264 e. The zero-order valence-corrected chi connectivity index (χ0v) is 21.6. The van der Waals surface area contributed by atoms with Gasteiger partial charge in [0, 0.05) is 18.1 Å². The molecule has 0 saturated heterocycles. The Morgan fingerprint density at radius 2 is 1.68 bits per heavy atom. The fourth-order valence-corrected chi connectivity index (χ4v) is 5.39. The van der Waals surface area contributed by atoms with Crippen molar-refractivity contribution in [3.05, 3.63) is 79.5 Å². The summed E-state index contributed by atoms with van der Waals surface area (Å²) in [6, 6.07) is 14.6. The van der Waals surface area contributed by atoms with Crippen LogP contribution in [-0.4, -0.2) is 39.5 Å². The van der Waals surface area contributed by atoms with Crippen LogP contribution in [0.15, 0.2) is 98.4 Å². The Hall–Kier alpha value is -4.36. The Labute approximate surface area is 222 Å². The minimum atomic E-state index is -3.88. The molecule has 0 aliphatic heterocycles. The molecule has 1 aromatic carbocycles. The van der Waals surface area contributed by atoms with Gasteiger partial charge in [0.05, 0.1) is 22.7 Å². The van der Waals surface area contributed by atoms with E-state index in [2.05, 4.69) is 30.0 Å². The Morgan fingerprint density at radius 3 is 2.32 bits per heavy atom. The second-order valence-electron chi connectivity index (χ2n) is 7.93. The average molecular weight is 551 g/mol. The monoisotopic (exact) mass is 550 g/mol. The predicted molar refractivity (Wildman–Crippen MR) is 142 cm³/mol. The number of benzene rings is 1. The largest absolute Gasteiger partial charge is 0.463 e. The number of aromatic nitrogens is 4. The van der Waals surface area contributed by atoms with Crippen molar-refractivity contribution in [1.29, 1.82) is 0 Å². The summed E-state index contributed by atoms with van der Waals surface area (Å²) < 4.78 is 38.6. The number of aromatic amines is 1. The molecule has 0 spiro atoms. The summed E-state index contributed by atoms with van der Waals surface area (Å²) in [5.74, 6) is 0.882. The van der Waals surface area contributed by atoms with Crippen molar-refractivity contribution in [2.24, 2.45) is 0 Å². The molecule has 11 nitrogen and oxygen atoms in total. The van der Waals surface area contributed by atoms with E-state index in [9.17, 15) is 13.2 Å².